The molecular formula is C25H37N3O2. The van der Waals surface area contributed by atoms with Gasteiger partial charge in [0, 0.05) is 37.5 Å². The number of nitrogens with one attached hydrogen (secondary N) is 2. The van der Waals surface area contributed by atoms with Crippen molar-refractivity contribution in [3.8, 4) is 0 Å². The van der Waals surface area contributed by atoms with Crippen LogP contribution >= 0.6 is 0 Å². The molecule has 164 valence electrons. The highest BCUT2D eigenvalue weighted by atomic mass is 16.2. The third-order valence-electron chi connectivity index (χ3n) is 7.38. The first-order valence-electron chi connectivity index (χ1n) is 11.7. The SMILES string of the molecule is CC(C)CCNC(=O)C12NC(=O)C3CC1CN(CC(C)C)C2C3Cc1ccccc1. The number of benzene rings is 1. The van der Waals surface area contributed by atoms with E-state index in [2.05, 4.69) is 67.5 Å². The molecule has 0 spiro atoms. The zero-order valence-electron chi connectivity index (χ0n) is 18.9. The second-order valence-electron chi connectivity index (χ2n) is 10.5. The summed E-state index contributed by atoms with van der Waals surface area (Å²) < 4.78 is 0. The molecule has 5 unspecified atom stereocenters. The monoisotopic (exact) mass is 411 g/mol. The third-order valence-corrected chi connectivity index (χ3v) is 7.38. The standard InChI is InChI=1S/C25H37N3O2/c1-16(2)10-11-26-24(30)25-19-13-21(23(29)27-25)20(12-18-8-6-5-7-9-18)22(25)28(15-19)14-17(3)4/h5-9,16-17,19-22H,10-15H2,1-4H3,(H,26,30)(H,27,29). The first-order valence-corrected chi connectivity index (χ1v) is 11.7. The lowest BCUT2D eigenvalue weighted by Gasteiger charge is -2.55. The smallest absolute Gasteiger partial charge is 0.247 e. The van der Waals surface area contributed by atoms with Crippen LogP contribution in [0.5, 0.6) is 0 Å². The van der Waals surface area contributed by atoms with Crippen LogP contribution in [0, 0.1) is 29.6 Å². The van der Waals surface area contributed by atoms with Gasteiger partial charge in [-0.1, -0.05) is 58.0 Å². The van der Waals surface area contributed by atoms with E-state index in [1.807, 2.05) is 6.07 Å². The lowest BCUT2D eigenvalue weighted by Crippen LogP contribution is -2.78. The van der Waals surface area contributed by atoms with Crippen LogP contribution in [-0.4, -0.2) is 47.9 Å². The zero-order chi connectivity index (χ0) is 21.5. The molecule has 1 aromatic carbocycles. The van der Waals surface area contributed by atoms with E-state index in [1.54, 1.807) is 0 Å². The minimum atomic E-state index is -0.781. The number of hydrogen-bond donors (Lipinski definition) is 2. The van der Waals surface area contributed by atoms with Gasteiger partial charge in [-0.15, -0.1) is 0 Å². The Morgan fingerprint density at radius 3 is 2.60 bits per heavy atom. The highest BCUT2D eigenvalue weighted by Gasteiger charge is 2.70. The molecule has 3 heterocycles. The number of rotatable bonds is 8. The van der Waals surface area contributed by atoms with Gasteiger partial charge in [-0.2, -0.15) is 0 Å². The third kappa shape index (κ3) is 3.66. The molecule has 3 aliphatic heterocycles. The van der Waals surface area contributed by atoms with E-state index in [-0.39, 0.29) is 35.6 Å². The fourth-order valence-corrected chi connectivity index (χ4v) is 6.21. The molecule has 1 saturated carbocycles. The molecule has 5 rings (SSSR count). The molecule has 4 bridgehead atoms. The molecule has 5 atom stereocenters. The molecule has 30 heavy (non-hydrogen) atoms. The van der Waals surface area contributed by atoms with Crippen molar-refractivity contribution in [1.82, 2.24) is 15.5 Å². The van der Waals surface area contributed by atoms with Gasteiger partial charge in [0.25, 0.3) is 0 Å². The predicted molar refractivity (Wildman–Crippen MR) is 119 cm³/mol. The Bertz CT molecular complexity index is 778. The molecule has 0 radical (unpaired) electrons. The van der Waals surface area contributed by atoms with E-state index < -0.39 is 5.54 Å². The van der Waals surface area contributed by atoms with Gasteiger partial charge in [-0.25, -0.2) is 0 Å². The van der Waals surface area contributed by atoms with Crippen molar-refractivity contribution in [2.24, 2.45) is 29.6 Å². The molecule has 1 aromatic rings. The van der Waals surface area contributed by atoms with Crippen LogP contribution < -0.4 is 10.6 Å². The zero-order valence-corrected chi connectivity index (χ0v) is 18.9. The van der Waals surface area contributed by atoms with Crippen molar-refractivity contribution in [3.63, 3.8) is 0 Å². The molecule has 5 heteroatoms. The van der Waals surface area contributed by atoms with Crippen molar-refractivity contribution < 1.29 is 9.59 Å². The van der Waals surface area contributed by atoms with Crippen molar-refractivity contribution in [2.45, 2.75) is 58.5 Å². The van der Waals surface area contributed by atoms with Crippen LogP contribution in [0.2, 0.25) is 0 Å². The Labute approximate surface area is 181 Å². The Balaban J connectivity index is 1.67. The maximum atomic E-state index is 13.6. The number of piperidine rings is 2. The summed E-state index contributed by atoms with van der Waals surface area (Å²) in [5.41, 5.74) is 0.475. The predicted octanol–water partition coefficient (Wildman–Crippen LogP) is 2.85. The number of nitrogens with zero attached hydrogens (tertiary/aromatic N) is 1. The van der Waals surface area contributed by atoms with Gasteiger partial charge in [0.05, 0.1) is 0 Å². The van der Waals surface area contributed by atoms with Crippen molar-refractivity contribution in [3.05, 3.63) is 35.9 Å². The first kappa shape index (κ1) is 21.4. The van der Waals surface area contributed by atoms with E-state index in [1.165, 1.54) is 5.56 Å². The lowest BCUT2D eigenvalue weighted by atomic mass is 9.58. The first-order chi connectivity index (χ1) is 14.3. The minimum Gasteiger partial charge on any atom is -0.354 e. The van der Waals surface area contributed by atoms with Crippen LogP contribution in [0.4, 0.5) is 0 Å². The quantitative estimate of drug-likeness (QED) is 0.692. The number of likely N-dealkylation sites (tertiary alicyclic amines) is 1. The van der Waals surface area contributed by atoms with Crippen LogP contribution in [0.15, 0.2) is 30.3 Å². The average molecular weight is 412 g/mol. The Hall–Kier alpha value is -1.88. The highest BCUT2D eigenvalue weighted by Crippen LogP contribution is 2.53. The molecular weight excluding hydrogens is 374 g/mol. The van der Waals surface area contributed by atoms with E-state index in [0.29, 0.717) is 18.4 Å². The van der Waals surface area contributed by atoms with Gasteiger partial charge in [-0.05, 0) is 42.6 Å². The van der Waals surface area contributed by atoms with E-state index in [4.69, 9.17) is 0 Å². The summed E-state index contributed by atoms with van der Waals surface area (Å²) in [6, 6.07) is 10.5. The molecule has 3 saturated heterocycles. The maximum Gasteiger partial charge on any atom is 0.247 e. The van der Waals surface area contributed by atoms with E-state index in [0.717, 1.165) is 32.4 Å². The molecule has 2 N–H and O–H groups in total. The van der Waals surface area contributed by atoms with Crippen molar-refractivity contribution >= 4 is 11.8 Å². The summed E-state index contributed by atoms with van der Waals surface area (Å²) in [6.45, 7) is 11.4. The van der Waals surface area contributed by atoms with Crippen LogP contribution in [-0.2, 0) is 16.0 Å². The number of fused-ring (bicyclic) bond motifs is 1. The number of carbonyl (C=O) groups is 2. The lowest BCUT2D eigenvalue weighted by molar-refractivity contribution is -0.154. The van der Waals surface area contributed by atoms with E-state index in [9.17, 15) is 9.59 Å². The van der Waals surface area contributed by atoms with Gasteiger partial charge in [0.2, 0.25) is 11.8 Å². The highest BCUT2D eigenvalue weighted by molar-refractivity contribution is 5.97. The molecule has 5 nitrogen and oxygen atoms in total. The largest absolute Gasteiger partial charge is 0.354 e. The molecule has 4 aliphatic rings. The topological polar surface area (TPSA) is 61.4 Å². The molecule has 0 aromatic heterocycles. The van der Waals surface area contributed by atoms with Crippen LogP contribution in [0.3, 0.4) is 0 Å². The second kappa shape index (κ2) is 8.33. The van der Waals surface area contributed by atoms with Crippen molar-refractivity contribution in [2.75, 3.05) is 19.6 Å². The van der Waals surface area contributed by atoms with Gasteiger partial charge in [-0.3, -0.25) is 14.5 Å². The maximum absolute atomic E-state index is 13.6. The van der Waals surface area contributed by atoms with Gasteiger partial charge >= 0.3 is 0 Å². The van der Waals surface area contributed by atoms with Crippen LogP contribution in [0.1, 0.15) is 46.1 Å². The number of carbonyl (C=O) groups excluding carboxylic acids is 2. The van der Waals surface area contributed by atoms with Crippen molar-refractivity contribution in [1.29, 1.82) is 0 Å². The molecule has 1 aliphatic carbocycles. The number of hydrogen-bond acceptors (Lipinski definition) is 3. The molecule has 4 fully saturated rings. The second-order valence-corrected chi connectivity index (χ2v) is 10.5. The van der Waals surface area contributed by atoms with Gasteiger partial charge in [0.15, 0.2) is 0 Å². The van der Waals surface area contributed by atoms with Gasteiger partial charge in [0.1, 0.15) is 5.54 Å². The summed E-state index contributed by atoms with van der Waals surface area (Å²) in [5.74, 6) is 1.56. The van der Waals surface area contributed by atoms with Gasteiger partial charge < -0.3 is 10.6 Å². The average Bonchev–Trinajstić information content (AvgIpc) is 2.90. The summed E-state index contributed by atoms with van der Waals surface area (Å²) in [6.07, 6.45) is 2.63. The fraction of sp³-hybridized carbons (Fsp3) is 0.680. The summed E-state index contributed by atoms with van der Waals surface area (Å²) >= 11 is 0. The Morgan fingerprint density at radius 1 is 1.20 bits per heavy atom. The Morgan fingerprint density at radius 2 is 1.93 bits per heavy atom. The summed E-state index contributed by atoms with van der Waals surface area (Å²) in [7, 11) is 0. The fourth-order valence-electron chi connectivity index (χ4n) is 6.21. The summed E-state index contributed by atoms with van der Waals surface area (Å²) in [5, 5.41) is 6.46. The Kier molecular flexibility index (Phi) is 5.93. The molecule has 2 amide bonds. The van der Waals surface area contributed by atoms with Crippen LogP contribution in [0.25, 0.3) is 0 Å². The number of amides is 2. The summed E-state index contributed by atoms with van der Waals surface area (Å²) in [4.78, 5) is 29.2. The normalized spacial score (nSPS) is 32.7. The van der Waals surface area contributed by atoms with E-state index >= 15 is 0 Å². The minimum absolute atomic E-state index is 0.00251.